The fourth-order valence-electron chi connectivity index (χ4n) is 1.55. The topological polar surface area (TPSA) is 58.2 Å². The van der Waals surface area contributed by atoms with Crippen LogP contribution in [-0.4, -0.2) is 52.1 Å². The molecular weight excluding hydrogens is 262 g/mol. The van der Waals surface area contributed by atoms with Gasteiger partial charge in [0.05, 0.1) is 24.5 Å². The van der Waals surface area contributed by atoms with E-state index >= 15 is 0 Å². The molecule has 1 unspecified atom stereocenters. The Labute approximate surface area is 95.9 Å². The van der Waals surface area contributed by atoms with Gasteiger partial charge in [0, 0.05) is 24.6 Å². The van der Waals surface area contributed by atoms with Gasteiger partial charge in [0.25, 0.3) is 5.91 Å². The van der Waals surface area contributed by atoms with Gasteiger partial charge in [-0.25, -0.2) is 0 Å². The molecule has 6 heteroatoms. The van der Waals surface area contributed by atoms with Crippen molar-refractivity contribution < 1.29 is 9.53 Å². The SMILES string of the molecule is O=C(c1cn[nH]c1)N1CCOC(CBr)C1. The van der Waals surface area contributed by atoms with E-state index in [1.807, 2.05) is 0 Å². The predicted octanol–water partition coefficient (Wildman–Crippen LogP) is 0.646. The molecule has 1 saturated heterocycles. The van der Waals surface area contributed by atoms with Gasteiger partial charge in [0.15, 0.2) is 0 Å². The molecule has 5 nitrogen and oxygen atoms in total. The summed E-state index contributed by atoms with van der Waals surface area (Å²) < 4.78 is 5.46. The number of rotatable bonds is 2. The van der Waals surface area contributed by atoms with E-state index in [0.717, 1.165) is 5.33 Å². The first-order valence-corrected chi connectivity index (χ1v) is 5.89. The van der Waals surface area contributed by atoms with Crippen molar-refractivity contribution in [1.29, 1.82) is 0 Å². The lowest BCUT2D eigenvalue weighted by atomic mass is 10.2. The summed E-state index contributed by atoms with van der Waals surface area (Å²) in [5, 5.41) is 7.15. The van der Waals surface area contributed by atoms with Crippen molar-refractivity contribution in [3.8, 4) is 0 Å². The maximum Gasteiger partial charge on any atom is 0.257 e. The molecule has 1 aromatic rings. The number of carbonyl (C=O) groups is 1. The smallest absolute Gasteiger partial charge is 0.257 e. The number of hydrogen-bond donors (Lipinski definition) is 1. The van der Waals surface area contributed by atoms with Crippen molar-refractivity contribution in [2.45, 2.75) is 6.10 Å². The van der Waals surface area contributed by atoms with E-state index in [4.69, 9.17) is 4.74 Å². The Morgan fingerprint density at radius 1 is 1.80 bits per heavy atom. The Hall–Kier alpha value is -0.880. The molecule has 82 valence electrons. The first-order chi connectivity index (χ1) is 7.31. The highest BCUT2D eigenvalue weighted by Crippen LogP contribution is 2.10. The maximum absolute atomic E-state index is 11.9. The minimum absolute atomic E-state index is 0.0120. The van der Waals surface area contributed by atoms with E-state index in [9.17, 15) is 4.79 Å². The third-order valence-corrected chi connectivity index (χ3v) is 3.07. The molecule has 1 atom stereocenters. The molecule has 0 aliphatic carbocycles. The van der Waals surface area contributed by atoms with Gasteiger partial charge in [-0.1, -0.05) is 15.9 Å². The number of aromatic amines is 1. The molecule has 1 N–H and O–H groups in total. The number of hydrogen-bond acceptors (Lipinski definition) is 3. The minimum atomic E-state index is 0.0120. The second-order valence-electron chi connectivity index (χ2n) is 3.39. The number of H-pyrrole nitrogens is 1. The Balaban J connectivity index is 2.01. The molecule has 1 amide bonds. The van der Waals surface area contributed by atoms with E-state index in [2.05, 4.69) is 26.1 Å². The van der Waals surface area contributed by atoms with Crippen LogP contribution >= 0.6 is 15.9 Å². The second-order valence-corrected chi connectivity index (χ2v) is 4.03. The van der Waals surface area contributed by atoms with E-state index in [-0.39, 0.29) is 12.0 Å². The van der Waals surface area contributed by atoms with Gasteiger partial charge in [0.2, 0.25) is 0 Å². The summed E-state index contributed by atoms with van der Waals surface area (Å²) in [4.78, 5) is 13.7. The molecule has 0 spiro atoms. The van der Waals surface area contributed by atoms with Crippen molar-refractivity contribution in [2.75, 3.05) is 25.0 Å². The van der Waals surface area contributed by atoms with Crippen LogP contribution < -0.4 is 0 Å². The first-order valence-electron chi connectivity index (χ1n) is 4.77. The van der Waals surface area contributed by atoms with Crippen LogP contribution in [0.25, 0.3) is 0 Å². The van der Waals surface area contributed by atoms with Crippen molar-refractivity contribution in [2.24, 2.45) is 0 Å². The highest BCUT2D eigenvalue weighted by molar-refractivity contribution is 9.09. The summed E-state index contributed by atoms with van der Waals surface area (Å²) in [6.45, 7) is 1.88. The van der Waals surface area contributed by atoms with Gasteiger partial charge in [-0.05, 0) is 0 Å². The van der Waals surface area contributed by atoms with Crippen molar-refractivity contribution >= 4 is 21.8 Å². The number of carbonyl (C=O) groups excluding carboxylic acids is 1. The van der Waals surface area contributed by atoms with Crippen LogP contribution in [0.5, 0.6) is 0 Å². The quantitative estimate of drug-likeness (QED) is 0.805. The van der Waals surface area contributed by atoms with Crippen LogP contribution in [0.4, 0.5) is 0 Å². The highest BCUT2D eigenvalue weighted by Gasteiger charge is 2.24. The van der Waals surface area contributed by atoms with Crippen LogP contribution in [0.15, 0.2) is 12.4 Å². The summed E-state index contributed by atoms with van der Waals surface area (Å²) in [7, 11) is 0. The first kappa shape index (κ1) is 10.6. The standard InChI is InChI=1S/C9H12BrN3O2/c10-3-8-6-13(1-2-15-8)9(14)7-4-11-12-5-7/h4-5,8H,1-3,6H2,(H,11,12). The predicted molar refractivity (Wildman–Crippen MR) is 58.0 cm³/mol. The third-order valence-electron chi connectivity index (χ3n) is 2.34. The Bertz CT molecular complexity index is 328. The van der Waals surface area contributed by atoms with Gasteiger partial charge < -0.3 is 9.64 Å². The molecule has 15 heavy (non-hydrogen) atoms. The molecule has 2 heterocycles. The lowest BCUT2D eigenvalue weighted by molar-refractivity contribution is -0.00964. The molecule has 0 bridgehead atoms. The number of morpholine rings is 1. The van der Waals surface area contributed by atoms with Gasteiger partial charge in [-0.15, -0.1) is 0 Å². The fourth-order valence-corrected chi connectivity index (χ4v) is 1.94. The van der Waals surface area contributed by atoms with Crippen LogP contribution in [0, 0.1) is 0 Å². The molecule has 1 aliphatic heterocycles. The van der Waals surface area contributed by atoms with Gasteiger partial charge >= 0.3 is 0 Å². The zero-order valence-corrected chi connectivity index (χ0v) is 9.74. The van der Waals surface area contributed by atoms with Crippen LogP contribution in [-0.2, 0) is 4.74 Å². The summed E-state index contributed by atoms with van der Waals surface area (Å²) in [5.74, 6) is 0.0120. The summed E-state index contributed by atoms with van der Waals surface area (Å²) in [5.41, 5.74) is 0.602. The molecule has 0 radical (unpaired) electrons. The lowest BCUT2D eigenvalue weighted by Crippen LogP contribution is -2.46. The molecular formula is C9H12BrN3O2. The second kappa shape index (κ2) is 4.76. The number of aromatic nitrogens is 2. The minimum Gasteiger partial charge on any atom is -0.374 e. The summed E-state index contributed by atoms with van der Waals surface area (Å²) in [6.07, 6.45) is 3.25. The fraction of sp³-hybridized carbons (Fsp3) is 0.556. The Kier molecular flexibility index (Phi) is 3.37. The average molecular weight is 274 g/mol. The molecule has 1 aromatic heterocycles. The number of nitrogens with one attached hydrogen (secondary N) is 1. The largest absolute Gasteiger partial charge is 0.374 e. The zero-order valence-electron chi connectivity index (χ0n) is 8.15. The van der Waals surface area contributed by atoms with Gasteiger partial charge in [0.1, 0.15) is 0 Å². The number of ether oxygens (including phenoxy) is 1. The number of halogens is 1. The zero-order chi connectivity index (χ0) is 10.7. The van der Waals surface area contributed by atoms with Crippen molar-refractivity contribution in [3.63, 3.8) is 0 Å². The molecule has 1 fully saturated rings. The van der Waals surface area contributed by atoms with Crippen molar-refractivity contribution in [3.05, 3.63) is 18.0 Å². The number of alkyl halides is 1. The molecule has 0 aromatic carbocycles. The van der Waals surface area contributed by atoms with Gasteiger partial charge in [-0.3, -0.25) is 9.89 Å². The maximum atomic E-state index is 11.9. The third kappa shape index (κ3) is 2.38. The van der Waals surface area contributed by atoms with Crippen LogP contribution in [0.2, 0.25) is 0 Å². The summed E-state index contributed by atoms with van der Waals surface area (Å²) >= 11 is 3.35. The van der Waals surface area contributed by atoms with Gasteiger partial charge in [-0.2, -0.15) is 5.10 Å². The van der Waals surface area contributed by atoms with Crippen LogP contribution in [0.1, 0.15) is 10.4 Å². The number of amides is 1. The lowest BCUT2D eigenvalue weighted by Gasteiger charge is -2.31. The average Bonchev–Trinajstić information content (AvgIpc) is 2.81. The molecule has 0 saturated carbocycles. The Morgan fingerprint density at radius 3 is 3.33 bits per heavy atom. The van der Waals surface area contributed by atoms with E-state index < -0.39 is 0 Å². The van der Waals surface area contributed by atoms with E-state index in [1.54, 1.807) is 17.3 Å². The Morgan fingerprint density at radius 2 is 2.67 bits per heavy atom. The highest BCUT2D eigenvalue weighted by atomic mass is 79.9. The van der Waals surface area contributed by atoms with Crippen molar-refractivity contribution in [1.82, 2.24) is 15.1 Å². The van der Waals surface area contributed by atoms with Crippen LogP contribution in [0.3, 0.4) is 0 Å². The summed E-state index contributed by atoms with van der Waals surface area (Å²) in [6, 6.07) is 0. The van der Waals surface area contributed by atoms with E-state index in [1.165, 1.54) is 0 Å². The number of nitrogens with zero attached hydrogens (tertiary/aromatic N) is 2. The van der Waals surface area contributed by atoms with E-state index in [0.29, 0.717) is 25.3 Å². The monoisotopic (exact) mass is 273 g/mol. The molecule has 1 aliphatic rings. The normalized spacial score (nSPS) is 21.7. The molecule has 2 rings (SSSR count).